The summed E-state index contributed by atoms with van der Waals surface area (Å²) >= 11 is 3.19. The summed E-state index contributed by atoms with van der Waals surface area (Å²) in [6.45, 7) is 0.157. The molecule has 1 atom stereocenters. The van der Waals surface area contributed by atoms with Crippen LogP contribution in [0.3, 0.4) is 0 Å². The van der Waals surface area contributed by atoms with Crippen LogP contribution < -0.4 is 5.32 Å². The van der Waals surface area contributed by atoms with Gasteiger partial charge in [0.25, 0.3) is 5.91 Å². The van der Waals surface area contributed by atoms with Gasteiger partial charge in [-0.05, 0) is 48.2 Å². The molecule has 130 valence electrons. The Bertz CT molecular complexity index is 867. The van der Waals surface area contributed by atoms with Crippen LogP contribution in [0, 0.1) is 0 Å². The first-order valence-electron chi connectivity index (χ1n) is 8.28. The molecule has 1 amide bonds. The van der Waals surface area contributed by atoms with Crippen molar-refractivity contribution in [2.45, 2.75) is 31.8 Å². The lowest BCUT2D eigenvalue weighted by Crippen LogP contribution is -2.29. The maximum Gasteiger partial charge on any atom is 0.273 e. The molecular weight excluding hydrogens is 356 g/mol. The number of carbonyl (C=O) groups excluding carboxylic acids is 1. The Morgan fingerprint density at radius 3 is 3.04 bits per heavy atom. The fourth-order valence-corrected chi connectivity index (χ4v) is 4.75. The Morgan fingerprint density at radius 1 is 1.32 bits per heavy atom. The summed E-state index contributed by atoms with van der Waals surface area (Å²) in [4.78, 5) is 14.3. The van der Waals surface area contributed by atoms with Gasteiger partial charge in [-0.3, -0.25) is 4.79 Å². The van der Waals surface area contributed by atoms with E-state index < -0.39 is 6.10 Å². The van der Waals surface area contributed by atoms with Gasteiger partial charge >= 0.3 is 0 Å². The molecule has 2 N–H and O–H groups in total. The number of rotatable bonds is 5. The van der Waals surface area contributed by atoms with E-state index in [1.54, 1.807) is 22.7 Å². The molecule has 0 saturated carbocycles. The highest BCUT2D eigenvalue weighted by molar-refractivity contribution is 7.16. The first-order valence-corrected chi connectivity index (χ1v) is 10.0. The fourth-order valence-electron chi connectivity index (χ4n) is 3.03. The quantitative estimate of drug-likeness (QED) is 0.712. The predicted octanol–water partition coefficient (Wildman–Crippen LogP) is 3.81. The van der Waals surface area contributed by atoms with Crippen molar-refractivity contribution >= 4 is 28.6 Å². The molecule has 1 unspecified atom stereocenters. The topological polar surface area (TPSA) is 75.4 Å². The molecule has 0 spiro atoms. The van der Waals surface area contributed by atoms with Crippen LogP contribution in [0.5, 0.6) is 0 Å². The van der Waals surface area contributed by atoms with Crippen LogP contribution in [0.2, 0.25) is 0 Å². The maximum atomic E-state index is 12.4. The van der Waals surface area contributed by atoms with Crippen molar-refractivity contribution in [3.63, 3.8) is 0 Å². The molecule has 0 radical (unpaired) electrons. The number of carbonyl (C=O) groups is 1. The van der Waals surface area contributed by atoms with Crippen molar-refractivity contribution in [3.05, 3.63) is 50.9 Å². The van der Waals surface area contributed by atoms with Gasteiger partial charge in [0, 0.05) is 33.8 Å². The normalized spacial score (nSPS) is 14.9. The highest BCUT2D eigenvalue weighted by atomic mass is 32.1. The number of hydrogen-bond acceptors (Lipinski definition) is 6. The third-order valence-electron chi connectivity index (χ3n) is 4.38. The van der Waals surface area contributed by atoms with E-state index >= 15 is 0 Å². The van der Waals surface area contributed by atoms with E-state index in [9.17, 15) is 9.90 Å². The molecular formula is C18H18N2O3S2. The van der Waals surface area contributed by atoms with E-state index in [0.29, 0.717) is 5.69 Å². The van der Waals surface area contributed by atoms with Gasteiger partial charge in [-0.15, -0.1) is 11.3 Å². The number of nitrogens with zero attached hydrogens (tertiary/aromatic N) is 1. The van der Waals surface area contributed by atoms with E-state index in [-0.39, 0.29) is 12.5 Å². The van der Waals surface area contributed by atoms with Crippen LogP contribution in [0.1, 0.15) is 45.6 Å². The first-order chi connectivity index (χ1) is 12.2. The highest BCUT2D eigenvalue weighted by Crippen LogP contribution is 2.32. The molecule has 7 heteroatoms. The van der Waals surface area contributed by atoms with Crippen LogP contribution in [0.4, 0.5) is 0 Å². The smallest absolute Gasteiger partial charge is 0.273 e. The third kappa shape index (κ3) is 3.40. The molecule has 4 rings (SSSR count). The predicted molar refractivity (Wildman–Crippen MR) is 98.1 cm³/mol. The number of fused-ring (bicyclic) bond motifs is 1. The van der Waals surface area contributed by atoms with Crippen molar-refractivity contribution in [1.29, 1.82) is 0 Å². The number of aryl methyl sites for hydroxylation is 1. The van der Waals surface area contributed by atoms with E-state index in [2.05, 4.69) is 21.9 Å². The summed E-state index contributed by atoms with van der Waals surface area (Å²) in [7, 11) is 0. The zero-order valence-electron chi connectivity index (χ0n) is 13.5. The molecule has 3 heterocycles. The molecule has 0 aromatic carbocycles. The molecule has 3 aromatic rings. The second-order valence-corrected chi connectivity index (χ2v) is 7.98. The van der Waals surface area contributed by atoms with Crippen molar-refractivity contribution in [3.8, 4) is 10.4 Å². The van der Waals surface area contributed by atoms with E-state index in [1.165, 1.54) is 0 Å². The van der Waals surface area contributed by atoms with Crippen molar-refractivity contribution in [2.75, 3.05) is 6.54 Å². The molecule has 0 bridgehead atoms. The fraction of sp³-hybridized carbons (Fsp3) is 0.333. The Balaban J connectivity index is 1.39. The minimum absolute atomic E-state index is 0.157. The highest BCUT2D eigenvalue weighted by Gasteiger charge is 2.24. The number of hydrogen-bond donors (Lipinski definition) is 2. The van der Waals surface area contributed by atoms with Gasteiger partial charge < -0.3 is 14.9 Å². The molecule has 5 nitrogen and oxygen atoms in total. The average Bonchev–Trinajstić information content (AvgIpc) is 3.38. The lowest BCUT2D eigenvalue weighted by Gasteiger charge is -2.11. The Hall–Kier alpha value is -1.96. The molecule has 0 saturated heterocycles. The Labute approximate surface area is 153 Å². The van der Waals surface area contributed by atoms with Crippen LogP contribution in [-0.4, -0.2) is 22.7 Å². The number of nitrogens with one attached hydrogen (secondary N) is 1. The number of aliphatic hydroxyl groups excluding tert-OH is 1. The first kappa shape index (κ1) is 16.5. The van der Waals surface area contributed by atoms with E-state index in [0.717, 1.165) is 52.3 Å². The summed E-state index contributed by atoms with van der Waals surface area (Å²) in [5.74, 6) is 0.552. The van der Waals surface area contributed by atoms with Gasteiger partial charge in [0.1, 0.15) is 11.9 Å². The van der Waals surface area contributed by atoms with Crippen LogP contribution >= 0.6 is 22.7 Å². The molecule has 1 aliphatic rings. The summed E-state index contributed by atoms with van der Waals surface area (Å²) < 4.78 is 5.27. The number of aliphatic hydroxyl groups is 1. The van der Waals surface area contributed by atoms with Gasteiger partial charge in [-0.25, -0.2) is 0 Å². The molecule has 0 aliphatic heterocycles. The zero-order valence-corrected chi connectivity index (χ0v) is 15.2. The van der Waals surface area contributed by atoms with Crippen LogP contribution in [0.15, 0.2) is 33.5 Å². The van der Waals surface area contributed by atoms with Crippen LogP contribution in [0.25, 0.3) is 10.4 Å². The lowest BCUT2D eigenvalue weighted by molar-refractivity contribution is 0.0908. The van der Waals surface area contributed by atoms with E-state index in [4.69, 9.17) is 4.52 Å². The largest absolute Gasteiger partial charge is 0.386 e. The second kappa shape index (κ2) is 7.11. The molecule has 0 fully saturated rings. The van der Waals surface area contributed by atoms with Gasteiger partial charge in [0.2, 0.25) is 0 Å². The van der Waals surface area contributed by atoms with Crippen molar-refractivity contribution in [1.82, 2.24) is 10.5 Å². The standard InChI is InChI=1S/C18H18N2O3S2/c21-13(16-6-5-15(25-16)11-7-8-24-10-11)9-19-18(22)17-12-3-1-2-4-14(12)23-20-17/h5-8,10,13,21H,1-4,9H2,(H,19,22). The molecule has 25 heavy (non-hydrogen) atoms. The minimum atomic E-state index is -0.732. The monoisotopic (exact) mass is 374 g/mol. The lowest BCUT2D eigenvalue weighted by atomic mass is 9.96. The maximum absolute atomic E-state index is 12.4. The SMILES string of the molecule is O=C(NCC(O)c1ccc(-c2ccsc2)s1)c1noc2c1CCCC2. The van der Waals surface area contributed by atoms with Gasteiger partial charge in [-0.2, -0.15) is 11.3 Å². The van der Waals surface area contributed by atoms with Crippen molar-refractivity contribution in [2.24, 2.45) is 0 Å². The summed E-state index contributed by atoms with van der Waals surface area (Å²) in [6, 6.07) is 5.97. The third-order valence-corrected chi connectivity index (χ3v) is 6.30. The molecule has 3 aromatic heterocycles. The summed E-state index contributed by atoms with van der Waals surface area (Å²) in [5, 5.41) is 21.2. The van der Waals surface area contributed by atoms with Crippen molar-refractivity contribution < 1.29 is 14.4 Å². The van der Waals surface area contributed by atoms with Gasteiger partial charge in [0.15, 0.2) is 5.69 Å². The number of amides is 1. The summed E-state index contributed by atoms with van der Waals surface area (Å²) in [6.07, 6.45) is 3.08. The van der Waals surface area contributed by atoms with Crippen LogP contribution in [-0.2, 0) is 12.8 Å². The van der Waals surface area contributed by atoms with Gasteiger partial charge in [0.05, 0.1) is 0 Å². The second-order valence-electron chi connectivity index (χ2n) is 6.08. The Morgan fingerprint density at radius 2 is 2.20 bits per heavy atom. The zero-order chi connectivity index (χ0) is 17.2. The average molecular weight is 374 g/mol. The van der Waals surface area contributed by atoms with E-state index in [1.807, 2.05) is 17.5 Å². The summed E-state index contributed by atoms with van der Waals surface area (Å²) in [5.41, 5.74) is 2.45. The minimum Gasteiger partial charge on any atom is -0.386 e. The Kier molecular flexibility index (Phi) is 4.70. The number of thiophene rings is 2. The number of aromatic nitrogens is 1. The molecule has 1 aliphatic carbocycles. The van der Waals surface area contributed by atoms with Gasteiger partial charge in [-0.1, -0.05) is 5.16 Å².